The van der Waals surface area contributed by atoms with E-state index in [0.29, 0.717) is 11.3 Å². The molecule has 1 rings (SSSR count). The summed E-state index contributed by atoms with van der Waals surface area (Å²) in [5, 5.41) is 17.2. The number of hydrogen-bond acceptors (Lipinski definition) is 3. The van der Waals surface area contributed by atoms with E-state index in [-0.39, 0.29) is 6.42 Å². The van der Waals surface area contributed by atoms with Gasteiger partial charge in [0.25, 0.3) is 0 Å². The lowest BCUT2D eigenvalue weighted by Gasteiger charge is -2.12. The van der Waals surface area contributed by atoms with Crippen LogP contribution >= 0.6 is 0 Å². The lowest BCUT2D eigenvalue weighted by atomic mass is 10.2. The van der Waals surface area contributed by atoms with Crippen LogP contribution < -0.4 is 4.74 Å². The van der Waals surface area contributed by atoms with E-state index >= 15 is 0 Å². The van der Waals surface area contributed by atoms with Gasteiger partial charge in [-0.2, -0.15) is 5.26 Å². The molecule has 78 valence electrons. The summed E-state index contributed by atoms with van der Waals surface area (Å²) in [6, 6.07) is 8.62. The molecule has 0 spiro atoms. The molecule has 4 heteroatoms. The zero-order valence-corrected chi connectivity index (χ0v) is 8.30. The van der Waals surface area contributed by atoms with Crippen molar-refractivity contribution in [2.24, 2.45) is 0 Å². The van der Waals surface area contributed by atoms with Crippen LogP contribution in [0.3, 0.4) is 0 Å². The smallest absolute Gasteiger partial charge is 0.307 e. The Labute approximate surface area is 87.7 Å². The Morgan fingerprint density at radius 1 is 1.67 bits per heavy atom. The number of ether oxygens (including phenoxy) is 1. The van der Waals surface area contributed by atoms with Crippen molar-refractivity contribution in [2.75, 3.05) is 0 Å². The molecule has 0 saturated heterocycles. The fraction of sp³-hybridized carbons (Fsp3) is 0.273. The monoisotopic (exact) mass is 205 g/mol. The molecule has 0 amide bonds. The Kier molecular flexibility index (Phi) is 3.69. The first-order chi connectivity index (χ1) is 7.11. The fourth-order valence-corrected chi connectivity index (χ4v) is 1.16. The zero-order chi connectivity index (χ0) is 11.3. The second kappa shape index (κ2) is 5.01. The summed E-state index contributed by atoms with van der Waals surface area (Å²) in [4.78, 5) is 10.4. The SMILES string of the molecule is C[C@@H](CC(=O)O)Oc1cccc(C#N)c1. The molecule has 0 aliphatic carbocycles. The zero-order valence-electron chi connectivity index (χ0n) is 8.30. The van der Waals surface area contributed by atoms with Crippen LogP contribution in [0.5, 0.6) is 5.75 Å². The molecule has 0 fully saturated rings. The molecular weight excluding hydrogens is 194 g/mol. The van der Waals surface area contributed by atoms with E-state index in [1.165, 1.54) is 0 Å². The van der Waals surface area contributed by atoms with E-state index in [1.54, 1.807) is 31.2 Å². The van der Waals surface area contributed by atoms with Crippen LogP contribution in [0.2, 0.25) is 0 Å². The van der Waals surface area contributed by atoms with E-state index < -0.39 is 12.1 Å². The largest absolute Gasteiger partial charge is 0.490 e. The van der Waals surface area contributed by atoms with E-state index in [4.69, 9.17) is 15.1 Å². The van der Waals surface area contributed by atoms with Crippen LogP contribution in [0.25, 0.3) is 0 Å². The van der Waals surface area contributed by atoms with Crippen molar-refractivity contribution in [3.63, 3.8) is 0 Å². The minimum atomic E-state index is -0.904. The van der Waals surface area contributed by atoms with Crippen molar-refractivity contribution in [1.82, 2.24) is 0 Å². The minimum absolute atomic E-state index is 0.0587. The molecule has 0 bridgehead atoms. The number of carboxylic acid groups (broad SMARTS) is 1. The number of carboxylic acids is 1. The number of nitrogens with zero attached hydrogens (tertiary/aromatic N) is 1. The number of carbonyl (C=O) groups is 1. The highest BCUT2D eigenvalue weighted by Gasteiger charge is 2.08. The summed E-state index contributed by atoms with van der Waals surface area (Å²) in [6.07, 6.45) is -0.465. The number of aliphatic carboxylic acids is 1. The molecule has 0 heterocycles. The van der Waals surface area contributed by atoms with E-state index in [9.17, 15) is 4.79 Å². The lowest BCUT2D eigenvalue weighted by Crippen LogP contribution is -2.16. The maximum atomic E-state index is 10.4. The summed E-state index contributed by atoms with van der Waals surface area (Å²) in [5.41, 5.74) is 0.495. The van der Waals surface area contributed by atoms with Gasteiger partial charge in [0.15, 0.2) is 0 Å². The Balaban J connectivity index is 2.64. The molecule has 0 aliphatic heterocycles. The van der Waals surface area contributed by atoms with Crippen LogP contribution in [0, 0.1) is 11.3 Å². The van der Waals surface area contributed by atoms with Gasteiger partial charge >= 0.3 is 5.97 Å². The standard InChI is InChI=1S/C11H11NO3/c1-8(5-11(13)14)15-10-4-2-3-9(6-10)7-12/h2-4,6,8H,5H2,1H3,(H,13,14)/t8-/m0/s1. The Bertz CT molecular complexity index is 395. The summed E-state index contributed by atoms with van der Waals surface area (Å²) in [6.45, 7) is 1.67. The van der Waals surface area contributed by atoms with Crippen LogP contribution in [0.1, 0.15) is 18.9 Å². The van der Waals surface area contributed by atoms with Gasteiger partial charge in [-0.05, 0) is 25.1 Å². The molecule has 1 aromatic rings. The molecule has 15 heavy (non-hydrogen) atoms. The molecule has 0 radical (unpaired) electrons. The maximum Gasteiger partial charge on any atom is 0.307 e. The Morgan fingerprint density at radius 3 is 3.00 bits per heavy atom. The number of hydrogen-bond donors (Lipinski definition) is 1. The molecule has 0 saturated carbocycles. The maximum absolute atomic E-state index is 10.4. The van der Waals surface area contributed by atoms with Gasteiger partial charge < -0.3 is 9.84 Å². The van der Waals surface area contributed by atoms with Gasteiger partial charge in [0.1, 0.15) is 11.9 Å². The second-order valence-electron chi connectivity index (χ2n) is 3.17. The van der Waals surface area contributed by atoms with Gasteiger partial charge in [-0.15, -0.1) is 0 Å². The summed E-state index contributed by atoms with van der Waals surface area (Å²) >= 11 is 0. The number of rotatable bonds is 4. The van der Waals surface area contributed by atoms with E-state index in [2.05, 4.69) is 0 Å². The van der Waals surface area contributed by atoms with Crippen molar-refractivity contribution in [3.05, 3.63) is 29.8 Å². The van der Waals surface area contributed by atoms with Crippen molar-refractivity contribution < 1.29 is 14.6 Å². The van der Waals surface area contributed by atoms with Crippen molar-refractivity contribution >= 4 is 5.97 Å². The van der Waals surface area contributed by atoms with Crippen molar-refractivity contribution in [3.8, 4) is 11.8 Å². The van der Waals surface area contributed by atoms with Crippen LogP contribution in [-0.2, 0) is 4.79 Å². The third-order valence-electron chi connectivity index (χ3n) is 1.76. The molecule has 0 unspecified atom stereocenters. The van der Waals surface area contributed by atoms with Crippen molar-refractivity contribution in [1.29, 1.82) is 5.26 Å². The van der Waals surface area contributed by atoms with Crippen LogP contribution in [0.15, 0.2) is 24.3 Å². The Morgan fingerprint density at radius 2 is 2.40 bits per heavy atom. The Hall–Kier alpha value is -2.02. The predicted octanol–water partition coefficient (Wildman–Crippen LogP) is 1.80. The minimum Gasteiger partial charge on any atom is -0.490 e. The fourth-order valence-electron chi connectivity index (χ4n) is 1.16. The molecule has 4 nitrogen and oxygen atoms in total. The van der Waals surface area contributed by atoms with Crippen molar-refractivity contribution in [2.45, 2.75) is 19.4 Å². The van der Waals surface area contributed by atoms with Gasteiger partial charge in [-0.25, -0.2) is 0 Å². The molecular formula is C11H11NO3. The lowest BCUT2D eigenvalue weighted by molar-refractivity contribution is -0.138. The molecule has 1 N–H and O–H groups in total. The number of nitriles is 1. The molecule has 0 aliphatic rings. The first-order valence-electron chi connectivity index (χ1n) is 4.50. The third kappa shape index (κ3) is 3.69. The summed E-state index contributed by atoms with van der Waals surface area (Å²) in [5.74, 6) is -0.387. The van der Waals surface area contributed by atoms with Crippen LogP contribution in [0.4, 0.5) is 0 Å². The molecule has 1 aromatic carbocycles. The highest BCUT2D eigenvalue weighted by atomic mass is 16.5. The highest BCUT2D eigenvalue weighted by Crippen LogP contribution is 2.15. The first-order valence-corrected chi connectivity index (χ1v) is 4.50. The molecule has 1 atom stereocenters. The van der Waals surface area contributed by atoms with Gasteiger partial charge in [0.2, 0.25) is 0 Å². The van der Waals surface area contributed by atoms with E-state index in [0.717, 1.165) is 0 Å². The average molecular weight is 205 g/mol. The van der Waals surface area contributed by atoms with Gasteiger partial charge in [-0.1, -0.05) is 6.07 Å². The average Bonchev–Trinajstić information content (AvgIpc) is 2.16. The second-order valence-corrected chi connectivity index (χ2v) is 3.17. The summed E-state index contributed by atoms with van der Waals surface area (Å²) < 4.78 is 5.34. The molecule has 0 aromatic heterocycles. The first kappa shape index (κ1) is 11.1. The highest BCUT2D eigenvalue weighted by molar-refractivity contribution is 5.67. The van der Waals surface area contributed by atoms with Crippen LogP contribution in [-0.4, -0.2) is 17.2 Å². The number of benzene rings is 1. The normalized spacial score (nSPS) is 11.5. The van der Waals surface area contributed by atoms with Gasteiger partial charge in [-0.3, -0.25) is 4.79 Å². The van der Waals surface area contributed by atoms with Gasteiger partial charge in [0.05, 0.1) is 18.1 Å². The third-order valence-corrected chi connectivity index (χ3v) is 1.76. The summed E-state index contributed by atoms with van der Waals surface area (Å²) in [7, 11) is 0. The van der Waals surface area contributed by atoms with Gasteiger partial charge in [0, 0.05) is 0 Å². The quantitative estimate of drug-likeness (QED) is 0.813. The van der Waals surface area contributed by atoms with E-state index in [1.807, 2.05) is 6.07 Å². The predicted molar refractivity (Wildman–Crippen MR) is 53.5 cm³/mol. The topological polar surface area (TPSA) is 70.3 Å².